The molecule has 40 heavy (non-hydrogen) atoms. The molecule has 210 valence electrons. The quantitative estimate of drug-likeness (QED) is 0.198. The molecule has 0 radical (unpaired) electrons. The van der Waals surface area contributed by atoms with E-state index in [0.29, 0.717) is 5.69 Å². The maximum atomic E-state index is 7.18. The monoisotopic (exact) mass is 533 g/mol. The van der Waals surface area contributed by atoms with Gasteiger partial charge >= 0.3 is 0 Å². The van der Waals surface area contributed by atoms with E-state index in [2.05, 4.69) is 110 Å². The highest BCUT2D eigenvalue weighted by Crippen LogP contribution is 2.49. The Morgan fingerprint density at radius 2 is 1.15 bits per heavy atom. The molecule has 0 spiro atoms. The highest BCUT2D eigenvalue weighted by molar-refractivity contribution is 5.95. The van der Waals surface area contributed by atoms with Crippen molar-refractivity contribution in [3.63, 3.8) is 0 Å². The zero-order valence-corrected chi connectivity index (χ0v) is 25.8. The first kappa shape index (κ1) is 29.3. The van der Waals surface area contributed by atoms with Crippen LogP contribution < -0.4 is 17.2 Å². The predicted octanol–water partition coefficient (Wildman–Crippen LogP) is 8.96. The second-order valence-electron chi connectivity index (χ2n) is 11.5. The molecule has 3 nitrogen and oxygen atoms in total. The van der Waals surface area contributed by atoms with Gasteiger partial charge in [-0.3, -0.25) is 0 Å². The molecule has 0 saturated heterocycles. The van der Waals surface area contributed by atoms with Crippen molar-refractivity contribution in [3.8, 4) is 22.3 Å². The highest BCUT2D eigenvalue weighted by Gasteiger charge is 2.33. The minimum Gasteiger partial charge on any atom is -0.398 e. The van der Waals surface area contributed by atoms with Gasteiger partial charge in [0.05, 0.1) is 11.4 Å². The Bertz CT molecular complexity index is 1540. The van der Waals surface area contributed by atoms with Crippen molar-refractivity contribution >= 4 is 17.1 Å². The van der Waals surface area contributed by atoms with E-state index >= 15 is 0 Å². The fourth-order valence-electron chi connectivity index (χ4n) is 6.89. The van der Waals surface area contributed by atoms with Gasteiger partial charge in [-0.15, -0.1) is 0 Å². The van der Waals surface area contributed by atoms with Crippen LogP contribution in [0.2, 0.25) is 0 Å². The number of hydrogen-bond donors (Lipinski definition) is 3. The van der Waals surface area contributed by atoms with E-state index in [1.54, 1.807) is 0 Å². The molecule has 0 saturated carbocycles. The normalized spacial score (nSPS) is 11.7. The number of nitrogen functional groups attached to an aromatic ring is 3. The fraction of sp³-hybridized carbons (Fsp3) is 0.351. The topological polar surface area (TPSA) is 78.1 Å². The van der Waals surface area contributed by atoms with E-state index in [9.17, 15) is 0 Å². The van der Waals surface area contributed by atoms with E-state index < -0.39 is 0 Å². The molecule has 4 aromatic rings. The third-order valence-corrected chi connectivity index (χ3v) is 9.13. The molecule has 0 heterocycles. The van der Waals surface area contributed by atoms with E-state index in [1.165, 1.54) is 61.2 Å². The summed E-state index contributed by atoms with van der Waals surface area (Å²) in [7, 11) is 0. The zero-order chi connectivity index (χ0) is 29.4. The Labute approximate surface area is 241 Å². The molecule has 0 amide bonds. The standard InChI is InChI=1S/C37H47N3/c1-9-25-22(5)23(6)33(36(40)27(25)11-3)34-29(24-17-14-13-15-18-24)19-16-20-30(34)37(7,8)31-21-32(38)35(39)28(12-4)26(31)10-2/h13-21H,9-12,38-40H2,1-8H3. The molecular formula is C37H47N3. The van der Waals surface area contributed by atoms with Gasteiger partial charge in [-0.25, -0.2) is 0 Å². The summed E-state index contributed by atoms with van der Waals surface area (Å²) >= 11 is 0. The van der Waals surface area contributed by atoms with Crippen molar-refractivity contribution in [1.82, 2.24) is 0 Å². The van der Waals surface area contributed by atoms with Crippen LogP contribution in [0.1, 0.15) is 86.1 Å². The van der Waals surface area contributed by atoms with Crippen molar-refractivity contribution in [1.29, 1.82) is 0 Å². The summed E-state index contributed by atoms with van der Waals surface area (Å²) in [5, 5.41) is 0. The average Bonchev–Trinajstić information content (AvgIpc) is 2.96. The van der Waals surface area contributed by atoms with Gasteiger partial charge in [0.1, 0.15) is 0 Å². The number of anilines is 3. The molecule has 0 aromatic heterocycles. The van der Waals surface area contributed by atoms with Gasteiger partial charge in [0, 0.05) is 16.7 Å². The van der Waals surface area contributed by atoms with Crippen molar-refractivity contribution in [2.45, 2.75) is 86.5 Å². The van der Waals surface area contributed by atoms with Crippen LogP contribution in [-0.2, 0) is 31.1 Å². The summed E-state index contributed by atoms with van der Waals surface area (Å²) in [6, 6.07) is 19.5. The number of rotatable bonds is 8. The molecule has 0 aliphatic carbocycles. The second kappa shape index (κ2) is 11.4. The average molecular weight is 534 g/mol. The lowest BCUT2D eigenvalue weighted by Gasteiger charge is -2.34. The first-order chi connectivity index (χ1) is 19.0. The molecular weight excluding hydrogens is 486 g/mol. The molecule has 4 rings (SSSR count). The van der Waals surface area contributed by atoms with Gasteiger partial charge in [0.15, 0.2) is 0 Å². The van der Waals surface area contributed by atoms with Gasteiger partial charge in [-0.1, -0.05) is 90.1 Å². The zero-order valence-electron chi connectivity index (χ0n) is 25.8. The summed E-state index contributed by atoms with van der Waals surface area (Å²) in [5.74, 6) is 0. The third-order valence-electron chi connectivity index (χ3n) is 9.13. The van der Waals surface area contributed by atoms with Crippen molar-refractivity contribution in [2.24, 2.45) is 0 Å². The van der Waals surface area contributed by atoms with Crippen LogP contribution in [0.3, 0.4) is 0 Å². The van der Waals surface area contributed by atoms with Crippen LogP contribution in [0.25, 0.3) is 22.3 Å². The summed E-state index contributed by atoms with van der Waals surface area (Å²) in [6.07, 6.45) is 3.63. The van der Waals surface area contributed by atoms with Gasteiger partial charge < -0.3 is 17.2 Å². The Morgan fingerprint density at radius 1 is 0.575 bits per heavy atom. The molecule has 3 heteroatoms. The molecule has 0 aliphatic rings. The summed E-state index contributed by atoms with van der Waals surface area (Å²) in [5.41, 5.74) is 37.1. The van der Waals surface area contributed by atoms with Crippen LogP contribution >= 0.6 is 0 Å². The Balaban J connectivity index is 2.20. The van der Waals surface area contributed by atoms with Gasteiger partial charge in [-0.2, -0.15) is 0 Å². The van der Waals surface area contributed by atoms with Gasteiger partial charge in [0.25, 0.3) is 0 Å². The summed E-state index contributed by atoms with van der Waals surface area (Å²) in [6.45, 7) is 18.0. The van der Waals surface area contributed by atoms with Crippen molar-refractivity contribution in [3.05, 3.63) is 99.1 Å². The molecule has 0 atom stereocenters. The lowest BCUT2D eigenvalue weighted by atomic mass is 9.69. The fourth-order valence-corrected chi connectivity index (χ4v) is 6.89. The number of hydrogen-bond acceptors (Lipinski definition) is 3. The molecule has 0 unspecified atom stereocenters. The number of nitrogens with two attached hydrogens (primary N) is 3. The first-order valence-corrected chi connectivity index (χ1v) is 14.8. The minimum atomic E-state index is -0.361. The Morgan fingerprint density at radius 3 is 1.73 bits per heavy atom. The van der Waals surface area contributed by atoms with Gasteiger partial charge in [0.2, 0.25) is 0 Å². The van der Waals surface area contributed by atoms with E-state index in [-0.39, 0.29) is 5.41 Å². The van der Waals surface area contributed by atoms with Crippen LogP contribution in [-0.4, -0.2) is 0 Å². The maximum absolute atomic E-state index is 7.18. The van der Waals surface area contributed by atoms with Crippen LogP contribution in [0.5, 0.6) is 0 Å². The van der Waals surface area contributed by atoms with Crippen LogP contribution in [0.4, 0.5) is 17.1 Å². The maximum Gasteiger partial charge on any atom is 0.0583 e. The molecule has 4 aromatic carbocycles. The molecule has 6 N–H and O–H groups in total. The van der Waals surface area contributed by atoms with E-state index in [0.717, 1.165) is 42.6 Å². The largest absolute Gasteiger partial charge is 0.398 e. The SMILES string of the molecule is CCc1c(C(C)(C)c2cccc(-c3ccccc3)c2-c2c(C)c(C)c(CC)c(CC)c2N)cc(N)c(N)c1CC. The van der Waals surface area contributed by atoms with Crippen LogP contribution in [0, 0.1) is 13.8 Å². The molecule has 0 bridgehead atoms. The van der Waals surface area contributed by atoms with Crippen molar-refractivity contribution < 1.29 is 0 Å². The number of benzene rings is 4. The van der Waals surface area contributed by atoms with Gasteiger partial charge in [-0.05, 0) is 107 Å². The predicted molar refractivity (Wildman–Crippen MR) is 176 cm³/mol. The Kier molecular flexibility index (Phi) is 8.35. The Hall–Kier alpha value is -3.72. The smallest absolute Gasteiger partial charge is 0.0583 e. The molecule has 0 aliphatic heterocycles. The highest BCUT2D eigenvalue weighted by atomic mass is 14.7. The second-order valence-corrected chi connectivity index (χ2v) is 11.5. The third kappa shape index (κ3) is 4.66. The lowest BCUT2D eigenvalue weighted by molar-refractivity contribution is 0.633. The summed E-state index contributed by atoms with van der Waals surface area (Å²) < 4.78 is 0. The van der Waals surface area contributed by atoms with Crippen molar-refractivity contribution in [2.75, 3.05) is 17.2 Å². The molecule has 0 fully saturated rings. The van der Waals surface area contributed by atoms with Crippen LogP contribution in [0.15, 0.2) is 54.6 Å². The lowest BCUT2D eigenvalue weighted by Crippen LogP contribution is -2.24. The van der Waals surface area contributed by atoms with E-state index in [1.807, 2.05) is 0 Å². The summed E-state index contributed by atoms with van der Waals surface area (Å²) in [4.78, 5) is 0. The van der Waals surface area contributed by atoms with E-state index in [4.69, 9.17) is 17.2 Å². The first-order valence-electron chi connectivity index (χ1n) is 14.8. The minimum absolute atomic E-state index is 0.361.